The van der Waals surface area contributed by atoms with Crippen molar-refractivity contribution >= 4 is 39.9 Å². The van der Waals surface area contributed by atoms with Crippen molar-refractivity contribution in [2.24, 2.45) is 0 Å². The first-order valence-corrected chi connectivity index (χ1v) is 10.6. The molecule has 0 bridgehead atoms. The van der Waals surface area contributed by atoms with Crippen LogP contribution in [0.5, 0.6) is 0 Å². The highest BCUT2D eigenvalue weighted by Crippen LogP contribution is 2.18. The van der Waals surface area contributed by atoms with E-state index in [4.69, 9.17) is 16.3 Å². The number of nitrogens with zero attached hydrogens (tertiary/aromatic N) is 2. The summed E-state index contributed by atoms with van der Waals surface area (Å²) >= 11 is 6.13. The molecule has 1 N–H and O–H groups in total. The van der Waals surface area contributed by atoms with Crippen LogP contribution in [0.3, 0.4) is 0 Å². The summed E-state index contributed by atoms with van der Waals surface area (Å²) in [5.41, 5.74) is 1.76. The number of aryl methyl sites for hydroxylation is 1. The summed E-state index contributed by atoms with van der Waals surface area (Å²) < 4.78 is 6.38. The van der Waals surface area contributed by atoms with E-state index in [2.05, 4.69) is 10.4 Å². The lowest BCUT2D eigenvalue weighted by atomic mass is 10.1. The summed E-state index contributed by atoms with van der Waals surface area (Å²) in [6, 6.07) is 20.8. The Morgan fingerprint density at radius 1 is 0.970 bits per heavy atom. The largest absolute Gasteiger partial charge is 0.456 e. The molecule has 166 valence electrons. The first kappa shape index (κ1) is 22.2. The maximum Gasteiger partial charge on any atom is 0.359 e. The van der Waals surface area contributed by atoms with Crippen LogP contribution >= 0.6 is 11.6 Å². The molecule has 4 rings (SSSR count). The third-order valence-corrected chi connectivity index (χ3v) is 5.38. The minimum absolute atomic E-state index is 0.0540. The SMILES string of the molecule is Cc1ccc(NC(=O)Cn2nc(C(=O)OCc3ccccc3Cl)c3ccccc3c2=O)cc1. The fourth-order valence-electron chi connectivity index (χ4n) is 3.29. The highest BCUT2D eigenvalue weighted by Gasteiger charge is 2.19. The van der Waals surface area contributed by atoms with Crippen molar-refractivity contribution in [1.29, 1.82) is 0 Å². The topological polar surface area (TPSA) is 90.3 Å². The molecule has 8 heteroatoms. The van der Waals surface area contributed by atoms with Gasteiger partial charge in [0.25, 0.3) is 5.56 Å². The number of carbonyl (C=O) groups is 2. The summed E-state index contributed by atoms with van der Waals surface area (Å²) in [7, 11) is 0. The summed E-state index contributed by atoms with van der Waals surface area (Å²) in [6.07, 6.45) is 0. The summed E-state index contributed by atoms with van der Waals surface area (Å²) in [6.45, 7) is 1.53. The van der Waals surface area contributed by atoms with Crippen LogP contribution in [0.4, 0.5) is 5.69 Å². The molecule has 0 radical (unpaired) electrons. The Hall–Kier alpha value is -3.97. The Bertz CT molecular complexity index is 1400. The number of halogens is 1. The van der Waals surface area contributed by atoms with Gasteiger partial charge in [0.1, 0.15) is 13.2 Å². The van der Waals surface area contributed by atoms with E-state index in [-0.39, 0.29) is 24.2 Å². The van der Waals surface area contributed by atoms with Crippen LogP contribution in [0.1, 0.15) is 21.6 Å². The van der Waals surface area contributed by atoms with E-state index >= 15 is 0 Å². The smallest absolute Gasteiger partial charge is 0.359 e. The summed E-state index contributed by atoms with van der Waals surface area (Å²) in [5, 5.41) is 7.98. The monoisotopic (exact) mass is 461 g/mol. The lowest BCUT2D eigenvalue weighted by Gasteiger charge is -2.12. The molecular weight excluding hydrogens is 442 g/mol. The van der Waals surface area contributed by atoms with Gasteiger partial charge >= 0.3 is 5.97 Å². The Morgan fingerprint density at radius 3 is 2.36 bits per heavy atom. The van der Waals surface area contributed by atoms with Gasteiger partial charge in [-0.15, -0.1) is 0 Å². The van der Waals surface area contributed by atoms with Crippen molar-refractivity contribution in [2.45, 2.75) is 20.1 Å². The average Bonchev–Trinajstić information content (AvgIpc) is 2.81. The zero-order chi connectivity index (χ0) is 23.4. The fraction of sp³-hybridized carbons (Fsp3) is 0.120. The predicted molar refractivity (Wildman–Crippen MR) is 126 cm³/mol. The quantitative estimate of drug-likeness (QED) is 0.431. The molecule has 0 aliphatic carbocycles. The van der Waals surface area contributed by atoms with E-state index in [1.165, 1.54) is 0 Å². The van der Waals surface area contributed by atoms with Crippen LogP contribution in [0.2, 0.25) is 5.02 Å². The van der Waals surface area contributed by atoms with Gasteiger partial charge in [0.05, 0.1) is 5.39 Å². The van der Waals surface area contributed by atoms with E-state index in [1.807, 2.05) is 19.1 Å². The van der Waals surface area contributed by atoms with Gasteiger partial charge in [-0.2, -0.15) is 5.10 Å². The molecule has 0 atom stereocenters. The number of benzene rings is 3. The minimum atomic E-state index is -0.723. The minimum Gasteiger partial charge on any atom is -0.456 e. The Morgan fingerprint density at radius 2 is 1.64 bits per heavy atom. The summed E-state index contributed by atoms with van der Waals surface area (Å²) in [4.78, 5) is 38.3. The van der Waals surface area contributed by atoms with Crippen molar-refractivity contribution in [2.75, 3.05) is 5.32 Å². The molecule has 0 fully saturated rings. The highest BCUT2D eigenvalue weighted by atomic mass is 35.5. The van der Waals surface area contributed by atoms with Gasteiger partial charge < -0.3 is 10.1 Å². The Kier molecular flexibility index (Phi) is 6.51. The zero-order valence-corrected chi connectivity index (χ0v) is 18.5. The molecule has 1 heterocycles. The van der Waals surface area contributed by atoms with Crippen molar-refractivity contribution < 1.29 is 14.3 Å². The number of hydrogen-bond donors (Lipinski definition) is 1. The number of amides is 1. The van der Waals surface area contributed by atoms with E-state index in [1.54, 1.807) is 60.7 Å². The number of ether oxygens (including phenoxy) is 1. The second-order valence-electron chi connectivity index (χ2n) is 7.44. The van der Waals surface area contributed by atoms with E-state index in [0.717, 1.165) is 10.2 Å². The molecule has 33 heavy (non-hydrogen) atoms. The number of esters is 1. The van der Waals surface area contributed by atoms with Gasteiger partial charge in [-0.1, -0.05) is 65.7 Å². The number of rotatable bonds is 6. The standard InChI is InChI=1S/C25H20ClN3O4/c1-16-10-12-18(13-11-16)27-22(30)14-29-24(31)20-8-4-3-7-19(20)23(28-29)25(32)33-15-17-6-2-5-9-21(17)26/h2-13H,14-15H2,1H3,(H,27,30). The van der Waals surface area contributed by atoms with Crippen LogP contribution in [0, 0.1) is 6.92 Å². The van der Waals surface area contributed by atoms with Gasteiger partial charge in [0, 0.05) is 21.7 Å². The molecule has 0 unspecified atom stereocenters. The summed E-state index contributed by atoms with van der Waals surface area (Å²) in [5.74, 6) is -1.17. The van der Waals surface area contributed by atoms with Crippen LogP contribution in [0.15, 0.2) is 77.6 Å². The van der Waals surface area contributed by atoms with Gasteiger partial charge in [0.15, 0.2) is 5.69 Å². The predicted octanol–water partition coefficient (Wildman–Crippen LogP) is 4.35. The van der Waals surface area contributed by atoms with Crippen LogP contribution in [0.25, 0.3) is 10.8 Å². The molecule has 0 aliphatic rings. The molecule has 0 spiro atoms. The van der Waals surface area contributed by atoms with Crippen molar-refractivity contribution in [3.8, 4) is 0 Å². The molecule has 0 aliphatic heterocycles. The lowest BCUT2D eigenvalue weighted by molar-refractivity contribution is -0.117. The van der Waals surface area contributed by atoms with Crippen molar-refractivity contribution in [3.63, 3.8) is 0 Å². The fourth-order valence-corrected chi connectivity index (χ4v) is 3.48. The van der Waals surface area contributed by atoms with E-state index < -0.39 is 17.4 Å². The molecule has 0 saturated carbocycles. The normalized spacial score (nSPS) is 10.7. The molecule has 7 nitrogen and oxygen atoms in total. The van der Waals surface area contributed by atoms with E-state index in [9.17, 15) is 14.4 Å². The van der Waals surface area contributed by atoms with E-state index in [0.29, 0.717) is 21.7 Å². The second kappa shape index (κ2) is 9.67. The van der Waals surface area contributed by atoms with Crippen molar-refractivity contribution in [3.05, 3.63) is 105 Å². The van der Waals surface area contributed by atoms with Crippen LogP contribution < -0.4 is 10.9 Å². The molecule has 1 amide bonds. The molecule has 1 aromatic heterocycles. The maximum atomic E-state index is 12.9. The molecule has 0 saturated heterocycles. The Labute approximate surface area is 194 Å². The van der Waals surface area contributed by atoms with Crippen LogP contribution in [-0.4, -0.2) is 21.7 Å². The number of fused-ring (bicyclic) bond motifs is 1. The second-order valence-corrected chi connectivity index (χ2v) is 7.85. The average molecular weight is 462 g/mol. The number of nitrogens with one attached hydrogen (secondary N) is 1. The van der Waals surface area contributed by atoms with Gasteiger partial charge in [0.2, 0.25) is 5.91 Å². The molecular formula is C25H20ClN3O4. The Balaban J connectivity index is 1.61. The molecule has 3 aromatic carbocycles. The van der Waals surface area contributed by atoms with Crippen LogP contribution in [-0.2, 0) is 22.7 Å². The lowest BCUT2D eigenvalue weighted by Crippen LogP contribution is -2.31. The number of carbonyl (C=O) groups excluding carboxylic acids is 2. The van der Waals surface area contributed by atoms with Gasteiger partial charge in [-0.3, -0.25) is 9.59 Å². The third-order valence-electron chi connectivity index (χ3n) is 5.01. The maximum absolute atomic E-state index is 12.9. The first-order valence-electron chi connectivity index (χ1n) is 10.2. The molecule has 4 aromatic rings. The van der Waals surface area contributed by atoms with Gasteiger partial charge in [-0.05, 0) is 31.2 Å². The first-order chi connectivity index (χ1) is 15.9. The number of anilines is 1. The third kappa shape index (κ3) is 5.10. The number of hydrogen-bond acceptors (Lipinski definition) is 5. The van der Waals surface area contributed by atoms with Gasteiger partial charge in [-0.25, -0.2) is 9.48 Å². The zero-order valence-electron chi connectivity index (χ0n) is 17.7. The van der Waals surface area contributed by atoms with Crippen molar-refractivity contribution in [1.82, 2.24) is 9.78 Å². The number of aromatic nitrogens is 2. The highest BCUT2D eigenvalue weighted by molar-refractivity contribution is 6.31.